The van der Waals surface area contributed by atoms with Crippen LogP contribution in [-0.4, -0.2) is 0 Å². The third-order valence-electron chi connectivity index (χ3n) is 4.17. The summed E-state index contributed by atoms with van der Waals surface area (Å²) < 4.78 is 0. The summed E-state index contributed by atoms with van der Waals surface area (Å²) in [5.74, 6) is 0. The average Bonchev–Trinajstić information content (AvgIpc) is 2.74. The minimum Gasteiger partial charge on any atom is -0.398 e. The second-order valence-corrected chi connectivity index (χ2v) is 6.09. The van der Waals surface area contributed by atoms with Gasteiger partial charge in [-0.05, 0) is 35.1 Å². The van der Waals surface area contributed by atoms with E-state index in [0.29, 0.717) is 6.54 Å². The maximum absolute atomic E-state index is 6.06. The van der Waals surface area contributed by atoms with E-state index in [2.05, 4.69) is 37.3 Å². The van der Waals surface area contributed by atoms with Crippen LogP contribution in [0, 0.1) is 0 Å². The number of rotatable bonds is 5. The van der Waals surface area contributed by atoms with E-state index in [1.54, 1.807) is 0 Å². The molecule has 4 N–H and O–H groups in total. The molecule has 0 heterocycles. The zero-order valence-corrected chi connectivity index (χ0v) is 15.4. The lowest BCUT2D eigenvalue weighted by Crippen LogP contribution is -1.96. The Balaban J connectivity index is 0.000000254. The van der Waals surface area contributed by atoms with Crippen LogP contribution in [-0.2, 0) is 19.4 Å². The van der Waals surface area contributed by atoms with E-state index in [1.807, 2.05) is 60.7 Å². The third-order valence-corrected chi connectivity index (χ3v) is 4.17. The predicted molar refractivity (Wildman–Crippen MR) is 112 cm³/mol. The van der Waals surface area contributed by atoms with Gasteiger partial charge in [-0.2, -0.15) is 0 Å². The monoisotopic (exact) mass is 344 g/mol. The lowest BCUT2D eigenvalue weighted by molar-refractivity contribution is 1.07. The van der Waals surface area contributed by atoms with Gasteiger partial charge >= 0.3 is 0 Å². The van der Waals surface area contributed by atoms with Gasteiger partial charge in [0.1, 0.15) is 0 Å². The molecule has 134 valence electrons. The molecule has 0 amide bonds. The Morgan fingerprint density at radius 1 is 0.731 bits per heavy atom. The van der Waals surface area contributed by atoms with Crippen LogP contribution in [0.4, 0.5) is 0 Å². The first-order valence-electron chi connectivity index (χ1n) is 9.05. The van der Waals surface area contributed by atoms with E-state index in [1.165, 1.54) is 16.7 Å². The fourth-order valence-electron chi connectivity index (χ4n) is 2.50. The first-order valence-corrected chi connectivity index (χ1v) is 9.05. The molecule has 2 heteroatoms. The highest BCUT2D eigenvalue weighted by Gasteiger charge is 1.96. The second-order valence-electron chi connectivity index (χ2n) is 6.09. The molecule has 3 rings (SSSR count). The molecular formula is C24H28N2. The van der Waals surface area contributed by atoms with Gasteiger partial charge in [-0.1, -0.05) is 97.9 Å². The molecule has 0 radical (unpaired) electrons. The summed E-state index contributed by atoms with van der Waals surface area (Å²) >= 11 is 0. The first kappa shape index (κ1) is 19.5. The smallest absolute Gasteiger partial charge is 0.0350 e. The van der Waals surface area contributed by atoms with Crippen molar-refractivity contribution in [3.63, 3.8) is 0 Å². The highest BCUT2D eigenvalue weighted by Crippen LogP contribution is 2.11. The molecule has 0 unspecified atom stereocenters. The van der Waals surface area contributed by atoms with Crippen molar-refractivity contribution in [1.82, 2.24) is 0 Å². The highest BCUT2D eigenvalue weighted by atomic mass is 14.6. The van der Waals surface area contributed by atoms with E-state index in [-0.39, 0.29) is 0 Å². The van der Waals surface area contributed by atoms with Crippen LogP contribution in [0.1, 0.15) is 29.2 Å². The third kappa shape index (κ3) is 6.58. The fraction of sp³-hybridized carbons (Fsp3) is 0.167. The van der Waals surface area contributed by atoms with Crippen molar-refractivity contribution in [3.05, 3.63) is 113 Å². The van der Waals surface area contributed by atoms with Crippen molar-refractivity contribution in [1.29, 1.82) is 0 Å². The molecule has 0 aliphatic rings. The zero-order chi connectivity index (χ0) is 18.6. The standard InChI is InChI=1S/C17H19N.C7H9N/c1-2-14-8-10-15(11-9-14)12-13-17(18)16-6-4-3-5-7-16;8-6-7-4-2-1-3-5-7/h3-11,13H,2,12,18H2,1H3;1-5H,6,8H2/b17-13-;. The topological polar surface area (TPSA) is 52.0 Å². The predicted octanol–water partition coefficient (Wildman–Crippen LogP) is 4.94. The molecule has 3 aromatic carbocycles. The molecule has 0 atom stereocenters. The summed E-state index contributed by atoms with van der Waals surface area (Å²) in [6, 6.07) is 28.8. The molecule has 2 nitrogen and oxygen atoms in total. The first-order chi connectivity index (χ1) is 12.7. The van der Waals surface area contributed by atoms with Gasteiger partial charge in [-0.15, -0.1) is 0 Å². The molecule has 3 aromatic rings. The van der Waals surface area contributed by atoms with Gasteiger partial charge in [0.25, 0.3) is 0 Å². The maximum Gasteiger partial charge on any atom is 0.0350 e. The Hall–Kier alpha value is -2.84. The molecule has 0 fully saturated rings. The largest absolute Gasteiger partial charge is 0.398 e. The summed E-state index contributed by atoms with van der Waals surface area (Å²) in [6.45, 7) is 2.81. The van der Waals surface area contributed by atoms with Crippen molar-refractivity contribution in [2.45, 2.75) is 26.3 Å². The molecule has 26 heavy (non-hydrogen) atoms. The van der Waals surface area contributed by atoms with Gasteiger partial charge in [0, 0.05) is 12.2 Å². The molecular weight excluding hydrogens is 316 g/mol. The minimum absolute atomic E-state index is 0.640. The number of hydrogen-bond acceptors (Lipinski definition) is 2. The van der Waals surface area contributed by atoms with Crippen LogP contribution in [0.5, 0.6) is 0 Å². The van der Waals surface area contributed by atoms with Crippen molar-refractivity contribution < 1.29 is 0 Å². The quantitative estimate of drug-likeness (QED) is 0.689. The number of aryl methyl sites for hydroxylation is 1. The van der Waals surface area contributed by atoms with E-state index >= 15 is 0 Å². The molecule has 0 aliphatic heterocycles. The number of hydrogen-bond donors (Lipinski definition) is 2. The van der Waals surface area contributed by atoms with E-state index in [4.69, 9.17) is 11.5 Å². The van der Waals surface area contributed by atoms with Gasteiger partial charge in [0.15, 0.2) is 0 Å². The van der Waals surface area contributed by atoms with Crippen LogP contribution >= 0.6 is 0 Å². The number of benzene rings is 3. The summed E-state index contributed by atoms with van der Waals surface area (Å²) in [6.07, 6.45) is 4.04. The Labute approximate surface area is 157 Å². The Kier molecular flexibility index (Phi) is 8.17. The van der Waals surface area contributed by atoms with Crippen molar-refractivity contribution in [2.24, 2.45) is 11.5 Å². The van der Waals surface area contributed by atoms with Gasteiger partial charge in [0.05, 0.1) is 0 Å². The van der Waals surface area contributed by atoms with Crippen LogP contribution in [0.25, 0.3) is 5.70 Å². The number of nitrogens with two attached hydrogens (primary N) is 2. The van der Waals surface area contributed by atoms with Crippen molar-refractivity contribution in [3.8, 4) is 0 Å². The molecule has 0 aromatic heterocycles. The summed E-state index contributed by atoms with van der Waals surface area (Å²) in [7, 11) is 0. The lowest BCUT2D eigenvalue weighted by atomic mass is 10.1. The maximum atomic E-state index is 6.06. The summed E-state index contributed by atoms with van der Waals surface area (Å²) in [4.78, 5) is 0. The van der Waals surface area contributed by atoms with E-state index in [0.717, 1.165) is 24.1 Å². The molecule has 0 saturated heterocycles. The van der Waals surface area contributed by atoms with Gasteiger partial charge in [-0.25, -0.2) is 0 Å². The normalized spacial score (nSPS) is 10.8. The summed E-state index contributed by atoms with van der Waals surface area (Å²) in [5.41, 5.74) is 17.2. The fourth-order valence-corrected chi connectivity index (χ4v) is 2.50. The van der Waals surface area contributed by atoms with Gasteiger partial charge < -0.3 is 11.5 Å². The van der Waals surface area contributed by atoms with Gasteiger partial charge in [0.2, 0.25) is 0 Å². The highest BCUT2D eigenvalue weighted by molar-refractivity contribution is 5.62. The molecule has 0 bridgehead atoms. The minimum atomic E-state index is 0.640. The zero-order valence-electron chi connectivity index (χ0n) is 15.4. The Bertz CT molecular complexity index is 775. The molecule has 0 saturated carbocycles. The number of allylic oxidation sites excluding steroid dienone is 1. The second kappa shape index (κ2) is 10.9. The van der Waals surface area contributed by atoms with E-state index in [9.17, 15) is 0 Å². The van der Waals surface area contributed by atoms with Crippen LogP contribution in [0.15, 0.2) is 91.0 Å². The van der Waals surface area contributed by atoms with Crippen LogP contribution < -0.4 is 11.5 Å². The molecule has 0 aliphatic carbocycles. The average molecular weight is 345 g/mol. The SMILES string of the molecule is CCc1ccc(C/C=C(\N)c2ccccc2)cc1.NCc1ccccc1. The van der Waals surface area contributed by atoms with Gasteiger partial charge in [-0.3, -0.25) is 0 Å². The van der Waals surface area contributed by atoms with Crippen LogP contribution in [0.2, 0.25) is 0 Å². The lowest BCUT2D eigenvalue weighted by Gasteiger charge is -2.03. The van der Waals surface area contributed by atoms with E-state index < -0.39 is 0 Å². The van der Waals surface area contributed by atoms with Crippen LogP contribution in [0.3, 0.4) is 0 Å². The van der Waals surface area contributed by atoms with Crippen molar-refractivity contribution in [2.75, 3.05) is 0 Å². The Morgan fingerprint density at radius 2 is 1.27 bits per heavy atom. The summed E-state index contributed by atoms with van der Waals surface area (Å²) in [5, 5.41) is 0. The van der Waals surface area contributed by atoms with Crippen molar-refractivity contribution >= 4 is 5.70 Å². The molecule has 0 spiro atoms. The Morgan fingerprint density at radius 3 is 1.77 bits per heavy atom.